The number of nitrogens with one attached hydrogen (secondary N) is 1. The molecule has 0 aliphatic heterocycles. The summed E-state index contributed by atoms with van der Waals surface area (Å²) in [7, 11) is 2.65. The summed E-state index contributed by atoms with van der Waals surface area (Å²) in [5, 5.41) is 2.57. The lowest BCUT2D eigenvalue weighted by atomic mass is 10.1. The van der Waals surface area contributed by atoms with Crippen molar-refractivity contribution in [2.45, 2.75) is 13.2 Å². The van der Waals surface area contributed by atoms with Crippen LogP contribution in [0.3, 0.4) is 0 Å². The van der Waals surface area contributed by atoms with Gasteiger partial charge in [-0.15, -0.1) is 0 Å². The number of alkyl halides is 2. The number of methoxy groups -OCH3 is 2. The van der Waals surface area contributed by atoms with Crippen molar-refractivity contribution in [2.75, 3.05) is 14.2 Å². The van der Waals surface area contributed by atoms with Crippen LogP contribution in [0, 0.1) is 5.82 Å². The minimum absolute atomic E-state index is 0.0282. The second-order valence-electron chi connectivity index (χ2n) is 4.90. The molecule has 0 heterocycles. The standard InChI is InChI=1S/C17H16F3NO4/c1-23-13-6-4-11(8-12(13)18)16(22)21-9-10-3-5-14(24-2)15(7-10)25-17(19)20/h3-8,17H,9H2,1-2H3,(H,21,22). The molecule has 1 N–H and O–H groups in total. The van der Waals surface area contributed by atoms with E-state index in [2.05, 4.69) is 10.1 Å². The molecule has 0 unspecified atom stereocenters. The van der Waals surface area contributed by atoms with Gasteiger partial charge in [-0.2, -0.15) is 8.78 Å². The molecule has 0 fully saturated rings. The lowest BCUT2D eigenvalue weighted by Gasteiger charge is -2.12. The van der Waals surface area contributed by atoms with E-state index >= 15 is 0 Å². The second kappa shape index (κ2) is 8.27. The molecule has 0 radical (unpaired) electrons. The highest BCUT2D eigenvalue weighted by Gasteiger charge is 2.13. The number of ether oxygens (including phenoxy) is 3. The lowest BCUT2D eigenvalue weighted by Crippen LogP contribution is -2.23. The second-order valence-corrected chi connectivity index (χ2v) is 4.90. The average Bonchev–Trinajstić information content (AvgIpc) is 2.59. The van der Waals surface area contributed by atoms with Gasteiger partial charge in [0.1, 0.15) is 0 Å². The molecule has 2 aromatic carbocycles. The Morgan fingerprint density at radius 2 is 1.72 bits per heavy atom. The number of carbonyl (C=O) groups is 1. The molecule has 8 heteroatoms. The summed E-state index contributed by atoms with van der Waals surface area (Å²) < 4.78 is 52.5. The maximum atomic E-state index is 13.6. The first-order chi connectivity index (χ1) is 11.9. The van der Waals surface area contributed by atoms with Gasteiger partial charge in [0.25, 0.3) is 5.91 Å². The Morgan fingerprint density at radius 1 is 1.04 bits per heavy atom. The monoisotopic (exact) mass is 355 g/mol. The quantitative estimate of drug-likeness (QED) is 0.827. The number of carbonyl (C=O) groups excluding carboxylic acids is 1. The van der Waals surface area contributed by atoms with Crippen LogP contribution in [0.1, 0.15) is 15.9 Å². The maximum Gasteiger partial charge on any atom is 0.387 e. The topological polar surface area (TPSA) is 56.8 Å². The van der Waals surface area contributed by atoms with E-state index in [9.17, 15) is 18.0 Å². The Balaban J connectivity index is 2.07. The normalized spacial score (nSPS) is 10.5. The molecule has 0 aromatic heterocycles. The summed E-state index contributed by atoms with van der Waals surface area (Å²) in [6, 6.07) is 8.18. The number of benzene rings is 2. The Bertz CT molecular complexity index is 753. The van der Waals surface area contributed by atoms with E-state index in [1.54, 1.807) is 6.07 Å². The first-order valence-electron chi connectivity index (χ1n) is 7.18. The van der Waals surface area contributed by atoms with Crippen LogP contribution < -0.4 is 19.5 Å². The Hall–Kier alpha value is -2.90. The Kier molecular flexibility index (Phi) is 6.10. The van der Waals surface area contributed by atoms with Gasteiger partial charge >= 0.3 is 6.61 Å². The maximum absolute atomic E-state index is 13.6. The van der Waals surface area contributed by atoms with E-state index in [0.29, 0.717) is 5.56 Å². The van der Waals surface area contributed by atoms with Gasteiger partial charge in [-0.1, -0.05) is 6.07 Å². The van der Waals surface area contributed by atoms with Gasteiger partial charge in [-0.3, -0.25) is 4.79 Å². The fourth-order valence-corrected chi connectivity index (χ4v) is 2.11. The molecule has 0 bridgehead atoms. The predicted octanol–water partition coefficient (Wildman–Crippen LogP) is 3.37. The van der Waals surface area contributed by atoms with E-state index in [0.717, 1.165) is 6.07 Å². The van der Waals surface area contributed by atoms with Crippen LogP contribution in [0.2, 0.25) is 0 Å². The number of amides is 1. The van der Waals surface area contributed by atoms with Crippen molar-refractivity contribution in [2.24, 2.45) is 0 Å². The van der Waals surface area contributed by atoms with E-state index in [1.807, 2.05) is 0 Å². The molecule has 0 atom stereocenters. The van der Waals surface area contributed by atoms with Gasteiger partial charge in [-0.25, -0.2) is 4.39 Å². The van der Waals surface area contributed by atoms with Gasteiger partial charge in [0.05, 0.1) is 14.2 Å². The van der Waals surface area contributed by atoms with Crippen LogP contribution in [0.5, 0.6) is 17.2 Å². The highest BCUT2D eigenvalue weighted by Crippen LogP contribution is 2.29. The van der Waals surface area contributed by atoms with Crippen molar-refractivity contribution in [3.63, 3.8) is 0 Å². The van der Waals surface area contributed by atoms with Crippen LogP contribution in [-0.4, -0.2) is 26.7 Å². The van der Waals surface area contributed by atoms with Gasteiger partial charge < -0.3 is 19.5 Å². The highest BCUT2D eigenvalue weighted by atomic mass is 19.3. The third kappa shape index (κ3) is 4.79. The SMILES string of the molecule is COc1ccc(C(=O)NCc2ccc(OC)c(OC(F)F)c2)cc1F. The van der Waals surface area contributed by atoms with Crippen molar-refractivity contribution in [3.05, 3.63) is 53.3 Å². The van der Waals surface area contributed by atoms with Gasteiger partial charge in [0.2, 0.25) is 0 Å². The molecule has 0 spiro atoms. The molecule has 25 heavy (non-hydrogen) atoms. The van der Waals surface area contributed by atoms with Crippen LogP contribution in [0.15, 0.2) is 36.4 Å². The van der Waals surface area contributed by atoms with E-state index in [4.69, 9.17) is 9.47 Å². The number of halogens is 3. The van der Waals surface area contributed by atoms with Crippen LogP contribution in [0.25, 0.3) is 0 Å². The van der Waals surface area contributed by atoms with Crippen molar-refractivity contribution in [1.82, 2.24) is 5.32 Å². The number of hydrogen-bond donors (Lipinski definition) is 1. The van der Waals surface area contributed by atoms with Crippen LogP contribution >= 0.6 is 0 Å². The lowest BCUT2D eigenvalue weighted by molar-refractivity contribution is -0.0512. The summed E-state index contributed by atoms with van der Waals surface area (Å²) in [5.74, 6) is -1.14. The zero-order valence-corrected chi connectivity index (χ0v) is 13.5. The van der Waals surface area contributed by atoms with Crippen molar-refractivity contribution in [1.29, 1.82) is 0 Å². The molecule has 2 aromatic rings. The Morgan fingerprint density at radius 3 is 2.32 bits per heavy atom. The molecule has 0 saturated heterocycles. The number of hydrogen-bond acceptors (Lipinski definition) is 4. The summed E-state index contributed by atoms with van der Waals surface area (Å²) in [6.07, 6.45) is 0. The minimum Gasteiger partial charge on any atom is -0.494 e. The smallest absolute Gasteiger partial charge is 0.387 e. The molecule has 0 aliphatic rings. The summed E-state index contributed by atoms with van der Waals surface area (Å²) in [6.45, 7) is -2.96. The van der Waals surface area contributed by atoms with Crippen molar-refractivity contribution < 1.29 is 32.2 Å². The zero-order chi connectivity index (χ0) is 18.4. The van der Waals surface area contributed by atoms with Crippen LogP contribution in [0.4, 0.5) is 13.2 Å². The largest absolute Gasteiger partial charge is 0.494 e. The molecular weight excluding hydrogens is 339 g/mol. The zero-order valence-electron chi connectivity index (χ0n) is 13.5. The summed E-state index contributed by atoms with van der Waals surface area (Å²) >= 11 is 0. The highest BCUT2D eigenvalue weighted by molar-refractivity contribution is 5.94. The van der Waals surface area contributed by atoms with E-state index in [-0.39, 0.29) is 29.4 Å². The van der Waals surface area contributed by atoms with Gasteiger partial charge in [-0.05, 0) is 35.9 Å². The molecule has 134 valence electrons. The third-order valence-electron chi connectivity index (χ3n) is 3.31. The van der Waals surface area contributed by atoms with Gasteiger partial charge in [0, 0.05) is 12.1 Å². The third-order valence-corrected chi connectivity index (χ3v) is 3.31. The molecule has 2 rings (SSSR count). The fraction of sp³-hybridized carbons (Fsp3) is 0.235. The van der Waals surface area contributed by atoms with E-state index < -0.39 is 18.3 Å². The van der Waals surface area contributed by atoms with Gasteiger partial charge in [0.15, 0.2) is 23.1 Å². The average molecular weight is 355 g/mol. The van der Waals surface area contributed by atoms with E-state index in [1.165, 1.54) is 38.5 Å². The van der Waals surface area contributed by atoms with Crippen molar-refractivity contribution in [3.8, 4) is 17.2 Å². The molecule has 5 nitrogen and oxygen atoms in total. The summed E-state index contributed by atoms with van der Waals surface area (Å²) in [5.41, 5.74) is 0.620. The minimum atomic E-state index is -3.00. The molecule has 0 aliphatic carbocycles. The fourth-order valence-electron chi connectivity index (χ4n) is 2.11. The Labute approximate surface area is 142 Å². The first-order valence-corrected chi connectivity index (χ1v) is 7.18. The van der Waals surface area contributed by atoms with Crippen molar-refractivity contribution >= 4 is 5.91 Å². The molecule has 1 amide bonds. The molecule has 0 saturated carbocycles. The van der Waals surface area contributed by atoms with Crippen LogP contribution in [-0.2, 0) is 6.54 Å². The predicted molar refractivity (Wildman–Crippen MR) is 83.7 cm³/mol. The summed E-state index contributed by atoms with van der Waals surface area (Å²) in [4.78, 5) is 12.1. The molecular formula is C17H16F3NO4. The first kappa shape index (κ1) is 18.4. The number of rotatable bonds is 7.